The summed E-state index contributed by atoms with van der Waals surface area (Å²) in [5.41, 5.74) is 0. The fourth-order valence-corrected chi connectivity index (χ4v) is 0.970. The fraction of sp³-hybridized carbons (Fsp3) is 1.00. The van der Waals surface area contributed by atoms with E-state index in [-0.39, 0.29) is 6.61 Å². The minimum absolute atomic E-state index is 0.255. The van der Waals surface area contributed by atoms with E-state index in [1.807, 2.05) is 19.0 Å². The Kier molecular flexibility index (Phi) is 3.82. The van der Waals surface area contributed by atoms with Crippen molar-refractivity contribution in [2.75, 3.05) is 20.7 Å². The van der Waals surface area contributed by atoms with E-state index in [1.54, 1.807) is 0 Å². The van der Waals surface area contributed by atoms with E-state index in [0.29, 0.717) is 12.0 Å². The van der Waals surface area contributed by atoms with Crippen LogP contribution < -0.4 is 0 Å². The van der Waals surface area contributed by atoms with Crippen LogP contribution in [0.1, 0.15) is 13.8 Å². The summed E-state index contributed by atoms with van der Waals surface area (Å²) in [4.78, 5) is 2.05. The molecule has 0 aromatic rings. The van der Waals surface area contributed by atoms with Gasteiger partial charge in [-0.15, -0.1) is 0 Å². The van der Waals surface area contributed by atoms with Gasteiger partial charge < -0.3 is 10.0 Å². The van der Waals surface area contributed by atoms with Crippen molar-refractivity contribution in [3.8, 4) is 0 Å². The Bertz CT molecular complexity index is 63.3. The molecular formula is C7H17NO. The highest BCUT2D eigenvalue weighted by atomic mass is 16.3. The number of likely N-dealkylation sites (N-methyl/N-ethyl adjacent to an activating group) is 1. The molecular weight excluding hydrogens is 114 g/mol. The van der Waals surface area contributed by atoms with Gasteiger partial charge in [-0.2, -0.15) is 0 Å². The predicted molar refractivity (Wildman–Crippen MR) is 39.4 cm³/mol. The van der Waals surface area contributed by atoms with Crippen LogP contribution in [-0.2, 0) is 0 Å². The standard InChI is InChI=1S/C7H17NO/c1-6(2)7(5-9)8(3)4/h6-7,9H,5H2,1-4H3. The quantitative estimate of drug-likeness (QED) is 0.605. The van der Waals surface area contributed by atoms with Crippen LogP contribution in [-0.4, -0.2) is 36.8 Å². The van der Waals surface area contributed by atoms with Crippen LogP contribution in [0.4, 0.5) is 0 Å². The van der Waals surface area contributed by atoms with Crippen molar-refractivity contribution < 1.29 is 5.11 Å². The Balaban J connectivity index is 3.68. The lowest BCUT2D eigenvalue weighted by Gasteiger charge is -2.25. The molecule has 2 nitrogen and oxygen atoms in total. The molecule has 0 bridgehead atoms. The summed E-state index contributed by atoms with van der Waals surface area (Å²) < 4.78 is 0. The molecule has 0 heterocycles. The van der Waals surface area contributed by atoms with Gasteiger partial charge in [0.2, 0.25) is 0 Å². The van der Waals surface area contributed by atoms with Gasteiger partial charge in [0.15, 0.2) is 0 Å². The van der Waals surface area contributed by atoms with Crippen molar-refractivity contribution in [3.63, 3.8) is 0 Å². The summed E-state index contributed by atoms with van der Waals surface area (Å²) in [5.74, 6) is 0.532. The maximum absolute atomic E-state index is 8.83. The molecule has 2 heteroatoms. The zero-order chi connectivity index (χ0) is 7.44. The first kappa shape index (κ1) is 8.92. The Morgan fingerprint density at radius 1 is 1.33 bits per heavy atom. The first-order chi connectivity index (χ1) is 4.09. The SMILES string of the molecule is CC(C)C(CO)N(C)C. The lowest BCUT2D eigenvalue weighted by Crippen LogP contribution is -2.35. The topological polar surface area (TPSA) is 23.5 Å². The first-order valence-corrected chi connectivity index (χ1v) is 3.37. The van der Waals surface area contributed by atoms with Crippen LogP contribution >= 0.6 is 0 Å². The molecule has 0 aliphatic carbocycles. The Labute approximate surface area is 57.5 Å². The predicted octanol–water partition coefficient (Wildman–Crippen LogP) is 0.565. The molecule has 1 N–H and O–H groups in total. The smallest absolute Gasteiger partial charge is 0.0589 e. The average molecular weight is 131 g/mol. The molecule has 0 aromatic heterocycles. The molecule has 0 spiro atoms. The summed E-state index contributed by atoms with van der Waals surface area (Å²) >= 11 is 0. The monoisotopic (exact) mass is 131 g/mol. The highest BCUT2D eigenvalue weighted by molar-refractivity contribution is 4.67. The maximum Gasteiger partial charge on any atom is 0.0589 e. The van der Waals surface area contributed by atoms with E-state index in [1.165, 1.54) is 0 Å². The van der Waals surface area contributed by atoms with Crippen molar-refractivity contribution >= 4 is 0 Å². The van der Waals surface area contributed by atoms with Crippen LogP contribution in [0.25, 0.3) is 0 Å². The lowest BCUT2D eigenvalue weighted by atomic mass is 10.1. The molecule has 0 aromatic carbocycles. The summed E-state index contributed by atoms with van der Waals surface area (Å²) in [6.07, 6.45) is 0. The zero-order valence-electron chi connectivity index (χ0n) is 6.76. The molecule has 1 atom stereocenters. The highest BCUT2D eigenvalue weighted by Gasteiger charge is 2.12. The van der Waals surface area contributed by atoms with Gasteiger partial charge in [-0.25, -0.2) is 0 Å². The van der Waals surface area contributed by atoms with Gasteiger partial charge >= 0.3 is 0 Å². The van der Waals surface area contributed by atoms with Crippen molar-refractivity contribution in [2.24, 2.45) is 5.92 Å². The number of nitrogens with zero attached hydrogens (tertiary/aromatic N) is 1. The van der Waals surface area contributed by atoms with E-state index in [9.17, 15) is 0 Å². The largest absolute Gasteiger partial charge is 0.395 e. The van der Waals surface area contributed by atoms with Gasteiger partial charge in [0, 0.05) is 6.04 Å². The molecule has 0 amide bonds. The maximum atomic E-state index is 8.83. The molecule has 0 aliphatic rings. The Morgan fingerprint density at radius 2 is 1.78 bits per heavy atom. The summed E-state index contributed by atoms with van der Waals surface area (Å²) in [7, 11) is 3.97. The van der Waals surface area contributed by atoms with Gasteiger partial charge in [0.25, 0.3) is 0 Å². The summed E-state index contributed by atoms with van der Waals surface area (Å²) in [5, 5.41) is 8.83. The lowest BCUT2D eigenvalue weighted by molar-refractivity contribution is 0.134. The highest BCUT2D eigenvalue weighted by Crippen LogP contribution is 2.05. The van der Waals surface area contributed by atoms with Gasteiger partial charge in [0.1, 0.15) is 0 Å². The van der Waals surface area contributed by atoms with E-state index in [0.717, 1.165) is 0 Å². The molecule has 1 unspecified atom stereocenters. The molecule has 0 radical (unpaired) electrons. The van der Waals surface area contributed by atoms with Crippen LogP contribution in [0, 0.1) is 5.92 Å². The van der Waals surface area contributed by atoms with Gasteiger partial charge in [-0.1, -0.05) is 13.8 Å². The van der Waals surface area contributed by atoms with Crippen LogP contribution in [0.3, 0.4) is 0 Å². The molecule has 0 saturated heterocycles. The number of hydrogen-bond donors (Lipinski definition) is 1. The van der Waals surface area contributed by atoms with E-state index in [4.69, 9.17) is 5.11 Å². The Morgan fingerprint density at radius 3 is 1.78 bits per heavy atom. The minimum Gasteiger partial charge on any atom is -0.395 e. The summed E-state index contributed by atoms with van der Waals surface area (Å²) in [6.45, 7) is 4.48. The molecule has 0 aliphatic heterocycles. The third-order valence-electron chi connectivity index (χ3n) is 1.62. The molecule has 0 rings (SSSR count). The van der Waals surface area contributed by atoms with Crippen molar-refractivity contribution in [2.45, 2.75) is 19.9 Å². The van der Waals surface area contributed by atoms with Crippen molar-refractivity contribution in [1.29, 1.82) is 0 Å². The average Bonchev–Trinajstić information content (AvgIpc) is 1.64. The van der Waals surface area contributed by atoms with Crippen molar-refractivity contribution in [1.82, 2.24) is 4.90 Å². The normalized spacial score (nSPS) is 15.0. The van der Waals surface area contributed by atoms with E-state index < -0.39 is 0 Å². The van der Waals surface area contributed by atoms with Gasteiger partial charge in [-0.3, -0.25) is 0 Å². The summed E-state index contributed by atoms with van der Waals surface area (Å²) in [6, 6.07) is 0.310. The molecule has 0 saturated carbocycles. The van der Waals surface area contributed by atoms with Crippen LogP contribution in [0.5, 0.6) is 0 Å². The van der Waals surface area contributed by atoms with Crippen LogP contribution in [0.2, 0.25) is 0 Å². The number of aliphatic hydroxyl groups excluding tert-OH is 1. The third kappa shape index (κ3) is 2.82. The van der Waals surface area contributed by atoms with Crippen molar-refractivity contribution in [3.05, 3.63) is 0 Å². The van der Waals surface area contributed by atoms with Gasteiger partial charge in [0.05, 0.1) is 6.61 Å². The van der Waals surface area contributed by atoms with E-state index >= 15 is 0 Å². The molecule has 9 heavy (non-hydrogen) atoms. The number of hydrogen-bond acceptors (Lipinski definition) is 2. The second-order valence-electron chi connectivity index (χ2n) is 2.96. The fourth-order valence-electron chi connectivity index (χ4n) is 0.970. The number of rotatable bonds is 3. The minimum atomic E-state index is 0.255. The van der Waals surface area contributed by atoms with Crippen LogP contribution in [0.15, 0.2) is 0 Å². The van der Waals surface area contributed by atoms with Gasteiger partial charge in [-0.05, 0) is 20.0 Å². The van der Waals surface area contributed by atoms with E-state index in [2.05, 4.69) is 13.8 Å². The second kappa shape index (κ2) is 3.85. The number of aliphatic hydroxyl groups is 1. The zero-order valence-corrected chi connectivity index (χ0v) is 6.76. The second-order valence-corrected chi connectivity index (χ2v) is 2.96. The Hall–Kier alpha value is -0.0800. The first-order valence-electron chi connectivity index (χ1n) is 3.37. The molecule has 56 valence electrons. The molecule has 0 fully saturated rings. The third-order valence-corrected chi connectivity index (χ3v) is 1.62.